The number of hydrogen-bond donors (Lipinski definition) is 2. The van der Waals surface area contributed by atoms with E-state index in [1.54, 1.807) is 11.8 Å². The molecule has 1 aliphatic rings. The van der Waals surface area contributed by atoms with Gasteiger partial charge in [0.05, 0.1) is 19.2 Å². The second kappa shape index (κ2) is 5.15. The lowest BCUT2D eigenvalue weighted by atomic mass is 9.98. The molecular formula is C14H16N2OS2. The first-order valence-corrected chi connectivity index (χ1v) is 7.91. The van der Waals surface area contributed by atoms with E-state index < -0.39 is 0 Å². The van der Waals surface area contributed by atoms with Crippen molar-refractivity contribution in [2.45, 2.75) is 19.0 Å². The third kappa shape index (κ3) is 2.16. The van der Waals surface area contributed by atoms with Gasteiger partial charge >= 0.3 is 0 Å². The fourth-order valence-corrected chi connectivity index (χ4v) is 3.42. The van der Waals surface area contributed by atoms with Crippen LogP contribution in [-0.2, 0) is 13.0 Å². The van der Waals surface area contributed by atoms with Crippen molar-refractivity contribution in [1.82, 2.24) is 9.88 Å². The van der Waals surface area contributed by atoms with E-state index in [1.165, 1.54) is 22.2 Å². The number of aliphatic hydroxyl groups is 1. The number of thioether (sulfide) groups is 1. The van der Waals surface area contributed by atoms with E-state index in [4.69, 9.17) is 12.2 Å². The largest absolute Gasteiger partial charge is 0.394 e. The molecule has 3 rings (SSSR count). The predicted octanol–water partition coefficient (Wildman–Crippen LogP) is 2.53. The quantitative estimate of drug-likeness (QED) is 0.792. The van der Waals surface area contributed by atoms with Crippen LogP contribution in [0.2, 0.25) is 0 Å². The van der Waals surface area contributed by atoms with E-state index >= 15 is 0 Å². The lowest BCUT2D eigenvalue weighted by Gasteiger charge is -2.35. The minimum Gasteiger partial charge on any atom is -0.394 e. The highest BCUT2D eigenvalue weighted by Gasteiger charge is 2.29. The minimum absolute atomic E-state index is 0.0895. The van der Waals surface area contributed by atoms with Crippen molar-refractivity contribution in [3.05, 3.63) is 35.5 Å². The number of nitrogens with zero attached hydrogens (tertiary/aromatic N) is 1. The summed E-state index contributed by atoms with van der Waals surface area (Å²) < 4.78 is 0.850. The van der Waals surface area contributed by atoms with Crippen LogP contribution in [0.4, 0.5) is 0 Å². The second-order valence-corrected chi connectivity index (χ2v) is 6.21. The van der Waals surface area contributed by atoms with Crippen molar-refractivity contribution in [2.24, 2.45) is 0 Å². The van der Waals surface area contributed by atoms with E-state index in [2.05, 4.69) is 28.1 Å². The number of aromatic amines is 1. The van der Waals surface area contributed by atoms with Gasteiger partial charge in [-0.1, -0.05) is 30.4 Å². The molecule has 0 fully saturated rings. The number of nitrogens with one attached hydrogen (secondary N) is 1. The van der Waals surface area contributed by atoms with Crippen molar-refractivity contribution in [3.8, 4) is 0 Å². The van der Waals surface area contributed by atoms with Gasteiger partial charge in [0, 0.05) is 16.6 Å². The summed E-state index contributed by atoms with van der Waals surface area (Å²) in [5, 5.41) is 10.9. The Morgan fingerprint density at radius 2 is 2.32 bits per heavy atom. The number of aliphatic hydroxyl groups excluding tert-OH is 1. The maximum absolute atomic E-state index is 9.62. The summed E-state index contributed by atoms with van der Waals surface area (Å²) in [6.07, 6.45) is 2.83. The third-order valence-electron chi connectivity index (χ3n) is 3.73. The Kier molecular flexibility index (Phi) is 3.52. The van der Waals surface area contributed by atoms with Crippen LogP contribution < -0.4 is 0 Å². The Balaban J connectivity index is 2.05. The molecule has 0 bridgehead atoms. The highest BCUT2D eigenvalue weighted by atomic mass is 32.2. The first-order chi connectivity index (χ1) is 9.24. The Morgan fingerprint density at radius 3 is 3.05 bits per heavy atom. The molecule has 2 heterocycles. The first kappa shape index (κ1) is 13.0. The molecule has 2 aromatic rings. The van der Waals surface area contributed by atoms with Crippen LogP contribution in [0.25, 0.3) is 10.9 Å². The van der Waals surface area contributed by atoms with Crippen molar-refractivity contribution in [1.29, 1.82) is 0 Å². The number of rotatable bonds is 1. The van der Waals surface area contributed by atoms with Gasteiger partial charge in [-0.3, -0.25) is 0 Å². The second-order valence-electron chi connectivity index (χ2n) is 4.77. The molecule has 0 aliphatic carbocycles. The molecule has 0 spiro atoms. The predicted molar refractivity (Wildman–Crippen MR) is 84.5 cm³/mol. The molecule has 2 N–H and O–H groups in total. The van der Waals surface area contributed by atoms with Crippen LogP contribution in [0.1, 0.15) is 11.3 Å². The number of thiocarbonyl (C=S) groups is 1. The summed E-state index contributed by atoms with van der Waals surface area (Å²) in [7, 11) is 0. The van der Waals surface area contributed by atoms with E-state index in [0.717, 1.165) is 17.3 Å². The Bertz CT molecular complexity index is 623. The molecule has 1 aromatic heterocycles. The SMILES string of the molecule is CSC(=S)N1Cc2[nH]c3ccccc3c2C[C@@H]1CO. The van der Waals surface area contributed by atoms with Gasteiger partial charge in [0.1, 0.15) is 4.32 Å². The maximum atomic E-state index is 9.62. The average molecular weight is 292 g/mol. The molecule has 1 aliphatic heterocycles. The molecule has 0 radical (unpaired) electrons. The lowest BCUT2D eigenvalue weighted by molar-refractivity contribution is 0.169. The normalized spacial score (nSPS) is 18.6. The highest BCUT2D eigenvalue weighted by Crippen LogP contribution is 2.31. The van der Waals surface area contributed by atoms with Gasteiger partial charge in [0.25, 0.3) is 0 Å². The van der Waals surface area contributed by atoms with Gasteiger partial charge in [0.15, 0.2) is 0 Å². The molecular weight excluding hydrogens is 276 g/mol. The summed E-state index contributed by atoms with van der Waals surface area (Å²) in [6.45, 7) is 0.897. The van der Waals surface area contributed by atoms with Crippen molar-refractivity contribution in [2.75, 3.05) is 12.9 Å². The lowest BCUT2D eigenvalue weighted by Crippen LogP contribution is -2.44. The van der Waals surface area contributed by atoms with Crippen LogP contribution in [0.3, 0.4) is 0 Å². The first-order valence-electron chi connectivity index (χ1n) is 6.28. The van der Waals surface area contributed by atoms with Gasteiger partial charge in [0.2, 0.25) is 0 Å². The zero-order valence-corrected chi connectivity index (χ0v) is 12.4. The monoisotopic (exact) mass is 292 g/mol. The van der Waals surface area contributed by atoms with E-state index in [9.17, 15) is 5.11 Å². The standard InChI is InChI=1S/C14H16N2OS2/c1-19-14(18)16-7-13-11(6-9(16)8-17)10-4-2-3-5-12(10)15-13/h2-5,9,15,17H,6-8H2,1H3/t9-/m1/s1. The number of aromatic nitrogens is 1. The molecule has 0 unspecified atom stereocenters. The Hall–Kier alpha value is -1.04. The molecule has 1 atom stereocenters. The molecule has 19 heavy (non-hydrogen) atoms. The van der Waals surface area contributed by atoms with Crippen LogP contribution in [0.15, 0.2) is 24.3 Å². The van der Waals surface area contributed by atoms with E-state index in [0.29, 0.717) is 0 Å². The minimum atomic E-state index is 0.0895. The van der Waals surface area contributed by atoms with E-state index in [-0.39, 0.29) is 12.6 Å². The topological polar surface area (TPSA) is 39.3 Å². The molecule has 3 nitrogen and oxygen atoms in total. The zero-order chi connectivity index (χ0) is 13.4. The van der Waals surface area contributed by atoms with Gasteiger partial charge in [-0.15, -0.1) is 11.8 Å². The van der Waals surface area contributed by atoms with Gasteiger partial charge in [-0.05, 0) is 24.3 Å². The number of H-pyrrole nitrogens is 1. The number of para-hydroxylation sites is 1. The summed E-state index contributed by atoms with van der Waals surface area (Å²) >= 11 is 6.96. The molecule has 1 aromatic carbocycles. The number of hydrogen-bond acceptors (Lipinski definition) is 3. The van der Waals surface area contributed by atoms with Crippen molar-refractivity contribution in [3.63, 3.8) is 0 Å². The van der Waals surface area contributed by atoms with Gasteiger partial charge in [-0.2, -0.15) is 0 Å². The molecule has 0 saturated carbocycles. The fraction of sp³-hybridized carbons (Fsp3) is 0.357. The average Bonchev–Trinajstić information content (AvgIpc) is 2.82. The fourth-order valence-electron chi connectivity index (χ4n) is 2.76. The molecule has 5 heteroatoms. The molecule has 0 saturated heterocycles. The maximum Gasteiger partial charge on any atom is 0.136 e. The van der Waals surface area contributed by atoms with Crippen molar-refractivity contribution < 1.29 is 5.11 Å². The summed E-state index contributed by atoms with van der Waals surface area (Å²) in [5.74, 6) is 0. The van der Waals surface area contributed by atoms with Crippen LogP contribution in [-0.4, -0.2) is 38.2 Å². The van der Waals surface area contributed by atoms with Crippen LogP contribution >= 0.6 is 24.0 Å². The van der Waals surface area contributed by atoms with Crippen LogP contribution in [0, 0.1) is 0 Å². The summed E-state index contributed by atoms with van der Waals surface area (Å²) in [5.41, 5.74) is 3.72. The van der Waals surface area contributed by atoms with E-state index in [1.807, 2.05) is 12.3 Å². The number of benzene rings is 1. The Labute approximate surface area is 122 Å². The Morgan fingerprint density at radius 1 is 1.53 bits per heavy atom. The summed E-state index contributed by atoms with van der Waals surface area (Å²) in [4.78, 5) is 5.60. The zero-order valence-electron chi connectivity index (χ0n) is 10.7. The smallest absolute Gasteiger partial charge is 0.136 e. The molecule has 100 valence electrons. The van der Waals surface area contributed by atoms with Gasteiger partial charge < -0.3 is 15.0 Å². The number of fused-ring (bicyclic) bond motifs is 3. The third-order valence-corrected chi connectivity index (χ3v) is 5.05. The molecule has 0 amide bonds. The van der Waals surface area contributed by atoms with Crippen LogP contribution in [0.5, 0.6) is 0 Å². The van der Waals surface area contributed by atoms with Gasteiger partial charge in [-0.25, -0.2) is 0 Å². The summed E-state index contributed by atoms with van der Waals surface area (Å²) in [6, 6.07) is 8.42. The highest BCUT2D eigenvalue weighted by molar-refractivity contribution is 8.22. The van der Waals surface area contributed by atoms with Crippen molar-refractivity contribution >= 4 is 39.2 Å².